The van der Waals surface area contributed by atoms with E-state index >= 15 is 0 Å². The first-order valence-corrected chi connectivity index (χ1v) is 9.08. The molecular formula is C21H17F2N3O4. The topological polar surface area (TPSA) is 91.5 Å². The fourth-order valence-corrected chi connectivity index (χ4v) is 3.54. The van der Waals surface area contributed by atoms with Crippen LogP contribution in [0, 0.1) is 0 Å². The number of H-pyrrole nitrogens is 1. The lowest BCUT2D eigenvalue weighted by molar-refractivity contribution is -0.130. The summed E-state index contributed by atoms with van der Waals surface area (Å²) in [6.07, 6.45) is 1.55. The lowest BCUT2D eigenvalue weighted by atomic mass is 9.92. The predicted octanol–water partition coefficient (Wildman–Crippen LogP) is 3.42. The molecule has 0 radical (unpaired) electrons. The number of hydrogen-bond acceptors (Lipinski definition) is 4. The third kappa shape index (κ3) is 3.28. The summed E-state index contributed by atoms with van der Waals surface area (Å²) >= 11 is 0. The predicted molar refractivity (Wildman–Crippen MR) is 103 cm³/mol. The molecule has 2 N–H and O–H groups in total. The lowest BCUT2D eigenvalue weighted by Crippen LogP contribution is -2.41. The van der Waals surface area contributed by atoms with Crippen molar-refractivity contribution in [3.05, 3.63) is 65.9 Å². The van der Waals surface area contributed by atoms with E-state index in [1.165, 1.54) is 31.2 Å². The molecule has 1 aromatic heterocycles. The Balaban J connectivity index is 1.55. The number of imide groups is 1. The van der Waals surface area contributed by atoms with Gasteiger partial charge in [-0.2, -0.15) is 8.78 Å². The summed E-state index contributed by atoms with van der Waals surface area (Å²) in [5, 5.41) is 3.28. The Bertz CT molecular complexity index is 1140. The molecule has 3 aromatic rings. The highest BCUT2D eigenvalue weighted by molar-refractivity contribution is 6.14. The van der Waals surface area contributed by atoms with Crippen LogP contribution in [0.4, 0.5) is 13.6 Å². The van der Waals surface area contributed by atoms with Crippen molar-refractivity contribution in [1.82, 2.24) is 15.2 Å². The summed E-state index contributed by atoms with van der Waals surface area (Å²) < 4.78 is 28.9. The highest BCUT2D eigenvalue weighted by atomic mass is 19.3. The van der Waals surface area contributed by atoms with Gasteiger partial charge in [0.15, 0.2) is 5.78 Å². The molecule has 2 aromatic carbocycles. The van der Waals surface area contributed by atoms with Crippen LogP contribution in [0.25, 0.3) is 10.9 Å². The Hall–Kier alpha value is -3.75. The molecule has 0 bridgehead atoms. The lowest BCUT2D eigenvalue weighted by Gasteiger charge is -2.22. The Labute approximate surface area is 169 Å². The van der Waals surface area contributed by atoms with E-state index in [-0.39, 0.29) is 11.5 Å². The number of Topliss-reactive ketones (excluding diaryl/α,β-unsaturated/α-hetero) is 1. The fourth-order valence-electron chi connectivity index (χ4n) is 3.54. The number of nitrogens with zero attached hydrogens (tertiary/aromatic N) is 1. The zero-order valence-electron chi connectivity index (χ0n) is 15.8. The van der Waals surface area contributed by atoms with Gasteiger partial charge in [-0.1, -0.05) is 30.3 Å². The van der Waals surface area contributed by atoms with Crippen LogP contribution in [-0.2, 0) is 10.3 Å². The molecule has 1 fully saturated rings. The van der Waals surface area contributed by atoms with Gasteiger partial charge in [0.2, 0.25) is 0 Å². The van der Waals surface area contributed by atoms with E-state index in [2.05, 4.69) is 15.0 Å². The number of alkyl halides is 2. The van der Waals surface area contributed by atoms with Crippen molar-refractivity contribution in [2.24, 2.45) is 0 Å². The monoisotopic (exact) mass is 413 g/mol. The molecule has 7 nitrogen and oxygen atoms in total. The first-order valence-electron chi connectivity index (χ1n) is 9.08. The van der Waals surface area contributed by atoms with Gasteiger partial charge >= 0.3 is 12.6 Å². The van der Waals surface area contributed by atoms with Gasteiger partial charge in [0.05, 0.1) is 6.54 Å². The molecule has 0 aliphatic carbocycles. The van der Waals surface area contributed by atoms with Crippen LogP contribution in [0.5, 0.6) is 5.75 Å². The second-order valence-corrected chi connectivity index (χ2v) is 7.02. The number of rotatable bonds is 6. The average Bonchev–Trinajstić information content (AvgIpc) is 3.23. The number of nitrogens with one attached hydrogen (secondary N) is 2. The van der Waals surface area contributed by atoms with Crippen molar-refractivity contribution in [1.29, 1.82) is 0 Å². The summed E-state index contributed by atoms with van der Waals surface area (Å²) in [7, 11) is 0. The van der Waals surface area contributed by atoms with Crippen LogP contribution in [0.15, 0.2) is 54.7 Å². The van der Waals surface area contributed by atoms with E-state index in [4.69, 9.17) is 0 Å². The first kappa shape index (κ1) is 19.6. The molecule has 1 saturated heterocycles. The molecule has 1 aliphatic heterocycles. The Morgan fingerprint density at radius 1 is 1.13 bits per heavy atom. The van der Waals surface area contributed by atoms with Gasteiger partial charge in [0, 0.05) is 22.7 Å². The number of benzene rings is 2. The van der Waals surface area contributed by atoms with Crippen LogP contribution in [0.3, 0.4) is 0 Å². The number of amides is 3. The quantitative estimate of drug-likeness (QED) is 0.479. The molecule has 30 heavy (non-hydrogen) atoms. The van der Waals surface area contributed by atoms with Crippen LogP contribution in [-0.4, -0.2) is 40.8 Å². The zero-order chi connectivity index (χ0) is 21.5. The number of ketones is 1. The molecule has 2 heterocycles. The first-order chi connectivity index (χ1) is 14.3. The number of carbonyl (C=O) groups excluding carboxylic acids is 3. The van der Waals surface area contributed by atoms with Gasteiger partial charge in [-0.25, -0.2) is 4.79 Å². The maximum Gasteiger partial charge on any atom is 0.387 e. The minimum Gasteiger partial charge on any atom is -0.435 e. The number of ether oxygens (including phenoxy) is 1. The molecular weight excluding hydrogens is 396 g/mol. The van der Waals surface area contributed by atoms with Crippen molar-refractivity contribution < 1.29 is 27.9 Å². The van der Waals surface area contributed by atoms with Gasteiger partial charge in [0.1, 0.15) is 11.3 Å². The van der Waals surface area contributed by atoms with Crippen molar-refractivity contribution in [3.8, 4) is 5.75 Å². The third-order valence-corrected chi connectivity index (χ3v) is 5.12. The van der Waals surface area contributed by atoms with Crippen molar-refractivity contribution in [2.75, 3.05) is 6.54 Å². The molecule has 3 amide bonds. The van der Waals surface area contributed by atoms with Crippen LogP contribution in [0.1, 0.15) is 22.8 Å². The summed E-state index contributed by atoms with van der Waals surface area (Å²) in [6.45, 7) is -1.90. The van der Waals surface area contributed by atoms with E-state index in [0.29, 0.717) is 16.5 Å². The van der Waals surface area contributed by atoms with E-state index in [0.717, 1.165) is 10.4 Å². The summed E-state index contributed by atoms with van der Waals surface area (Å²) in [4.78, 5) is 42.1. The number of aromatic amines is 1. The smallest absolute Gasteiger partial charge is 0.387 e. The molecule has 9 heteroatoms. The van der Waals surface area contributed by atoms with Crippen LogP contribution in [0.2, 0.25) is 0 Å². The van der Waals surface area contributed by atoms with Gasteiger partial charge < -0.3 is 15.0 Å². The van der Waals surface area contributed by atoms with Crippen molar-refractivity contribution in [2.45, 2.75) is 19.1 Å². The highest BCUT2D eigenvalue weighted by Gasteiger charge is 2.49. The number of hydrogen-bond donors (Lipinski definition) is 2. The summed E-state index contributed by atoms with van der Waals surface area (Å²) in [5.41, 5.74) is 0.104. The van der Waals surface area contributed by atoms with Crippen molar-refractivity contribution in [3.63, 3.8) is 0 Å². The van der Waals surface area contributed by atoms with E-state index < -0.39 is 30.6 Å². The summed E-state index contributed by atoms with van der Waals surface area (Å²) in [6, 6.07) is 11.9. The SMILES string of the molecule is C[C@]1(c2ccc(OC(F)F)cc2)NC(=O)N(CC(=O)c2c[nH]c3ccccc23)C1=O. The second-order valence-electron chi connectivity index (χ2n) is 7.02. The molecule has 1 atom stereocenters. The number of aromatic nitrogens is 1. The minimum atomic E-state index is -2.97. The van der Waals surface area contributed by atoms with E-state index in [1.54, 1.807) is 18.3 Å². The molecule has 1 aliphatic rings. The summed E-state index contributed by atoms with van der Waals surface area (Å²) in [5.74, 6) is -1.07. The number of urea groups is 1. The normalized spacial score (nSPS) is 18.9. The average molecular weight is 413 g/mol. The maximum absolute atomic E-state index is 13.0. The van der Waals surface area contributed by atoms with Crippen molar-refractivity contribution >= 4 is 28.6 Å². The number of halogens is 2. The molecule has 4 rings (SSSR count). The number of carbonyl (C=O) groups is 3. The fraction of sp³-hybridized carbons (Fsp3) is 0.190. The van der Waals surface area contributed by atoms with Crippen LogP contribution >= 0.6 is 0 Å². The molecule has 154 valence electrons. The third-order valence-electron chi connectivity index (χ3n) is 5.12. The molecule has 0 spiro atoms. The van der Waals surface area contributed by atoms with E-state index in [9.17, 15) is 23.2 Å². The standard InChI is InChI=1S/C21H17F2N3O4/c1-21(12-6-8-13(9-7-12)30-19(22)23)18(28)26(20(29)25-21)11-17(27)15-10-24-16-5-3-2-4-14(15)16/h2-10,19,24H,11H2,1H3,(H,25,29)/t21-/m1/s1. The second kappa shape index (κ2) is 7.25. The zero-order valence-corrected chi connectivity index (χ0v) is 15.8. The number of fused-ring (bicyclic) bond motifs is 1. The highest BCUT2D eigenvalue weighted by Crippen LogP contribution is 2.31. The Morgan fingerprint density at radius 3 is 2.53 bits per heavy atom. The van der Waals surface area contributed by atoms with E-state index in [1.807, 2.05) is 12.1 Å². The Morgan fingerprint density at radius 2 is 1.83 bits per heavy atom. The van der Waals surface area contributed by atoms with Gasteiger partial charge in [-0.3, -0.25) is 14.5 Å². The van der Waals surface area contributed by atoms with Crippen LogP contribution < -0.4 is 10.1 Å². The molecule has 0 saturated carbocycles. The maximum atomic E-state index is 13.0. The van der Waals surface area contributed by atoms with Gasteiger partial charge in [-0.15, -0.1) is 0 Å². The minimum absolute atomic E-state index is 0.0690. The largest absolute Gasteiger partial charge is 0.435 e. The van der Waals surface area contributed by atoms with Gasteiger partial charge in [-0.05, 0) is 30.7 Å². The van der Waals surface area contributed by atoms with Gasteiger partial charge in [0.25, 0.3) is 5.91 Å². The molecule has 0 unspecified atom stereocenters. The Kier molecular flexibility index (Phi) is 4.73. The number of para-hydroxylation sites is 1.